The summed E-state index contributed by atoms with van der Waals surface area (Å²) in [5.74, 6) is -3.08. The van der Waals surface area contributed by atoms with Crippen LogP contribution in [0.2, 0.25) is 0 Å². The van der Waals surface area contributed by atoms with Gasteiger partial charge in [0.15, 0.2) is 5.79 Å². The monoisotopic (exact) mass is 434 g/mol. The molecule has 0 saturated carbocycles. The van der Waals surface area contributed by atoms with Crippen molar-refractivity contribution in [3.63, 3.8) is 0 Å². The number of fused-ring (bicyclic) bond motifs is 2. The number of hydrogen-bond donors (Lipinski definition) is 2. The molecule has 8 nitrogen and oxygen atoms in total. The lowest BCUT2D eigenvalue weighted by atomic mass is 10.0. The SMILES string of the molecule is O=C(NCC(=O)N1CC2(C[C@H]1C(=O)O)OCCO2)c1ccc2cc3ccccc3cc2c1. The molecule has 0 aliphatic carbocycles. The summed E-state index contributed by atoms with van der Waals surface area (Å²) in [6.45, 7) is 0.445. The van der Waals surface area contributed by atoms with Crippen LogP contribution in [-0.4, -0.2) is 65.9 Å². The van der Waals surface area contributed by atoms with E-state index in [0.29, 0.717) is 18.8 Å². The molecule has 0 radical (unpaired) electrons. The molecule has 0 aromatic heterocycles. The van der Waals surface area contributed by atoms with Crippen molar-refractivity contribution in [2.75, 3.05) is 26.3 Å². The summed E-state index contributed by atoms with van der Waals surface area (Å²) >= 11 is 0. The first-order chi connectivity index (χ1) is 15.4. The summed E-state index contributed by atoms with van der Waals surface area (Å²) in [4.78, 5) is 38.3. The molecule has 2 aliphatic heterocycles. The van der Waals surface area contributed by atoms with Gasteiger partial charge in [-0.3, -0.25) is 9.59 Å². The fourth-order valence-corrected chi connectivity index (χ4v) is 4.47. The van der Waals surface area contributed by atoms with Crippen LogP contribution in [0.15, 0.2) is 54.6 Å². The molecule has 32 heavy (non-hydrogen) atoms. The Labute approximate surface area is 183 Å². The van der Waals surface area contributed by atoms with Crippen molar-refractivity contribution in [3.8, 4) is 0 Å². The van der Waals surface area contributed by atoms with Gasteiger partial charge >= 0.3 is 5.97 Å². The minimum Gasteiger partial charge on any atom is -0.480 e. The molecule has 1 spiro atoms. The second-order valence-corrected chi connectivity index (χ2v) is 8.13. The summed E-state index contributed by atoms with van der Waals surface area (Å²) < 4.78 is 11.1. The number of nitrogens with zero attached hydrogens (tertiary/aromatic N) is 1. The Hall–Kier alpha value is -3.49. The number of amides is 2. The van der Waals surface area contributed by atoms with E-state index in [4.69, 9.17) is 9.47 Å². The molecule has 5 rings (SSSR count). The molecule has 164 valence electrons. The van der Waals surface area contributed by atoms with Gasteiger partial charge in [-0.1, -0.05) is 30.3 Å². The van der Waals surface area contributed by atoms with Crippen LogP contribution in [0.3, 0.4) is 0 Å². The molecule has 3 aromatic carbocycles. The molecule has 2 aliphatic rings. The van der Waals surface area contributed by atoms with E-state index in [1.54, 1.807) is 12.1 Å². The maximum absolute atomic E-state index is 12.7. The van der Waals surface area contributed by atoms with Gasteiger partial charge in [0.2, 0.25) is 5.91 Å². The predicted octanol–water partition coefficient (Wildman–Crippen LogP) is 2.15. The summed E-state index contributed by atoms with van der Waals surface area (Å²) in [5, 5.41) is 16.3. The summed E-state index contributed by atoms with van der Waals surface area (Å²) in [6.07, 6.45) is 0.0701. The van der Waals surface area contributed by atoms with Crippen molar-refractivity contribution in [3.05, 3.63) is 60.2 Å². The van der Waals surface area contributed by atoms with Gasteiger partial charge in [-0.05, 0) is 45.8 Å². The number of ether oxygens (including phenoxy) is 2. The number of rotatable bonds is 4. The zero-order chi connectivity index (χ0) is 22.3. The number of aliphatic carboxylic acids is 1. The number of benzene rings is 3. The highest BCUT2D eigenvalue weighted by molar-refractivity contribution is 6.03. The van der Waals surface area contributed by atoms with Crippen LogP contribution >= 0.6 is 0 Å². The zero-order valence-corrected chi connectivity index (χ0v) is 17.2. The molecule has 8 heteroatoms. The van der Waals surface area contributed by atoms with Crippen molar-refractivity contribution in [2.45, 2.75) is 18.2 Å². The number of hydrogen-bond acceptors (Lipinski definition) is 5. The number of likely N-dealkylation sites (tertiary alicyclic amines) is 1. The normalized spacial score (nSPS) is 19.6. The first-order valence-electron chi connectivity index (χ1n) is 10.5. The van der Waals surface area contributed by atoms with Crippen LogP contribution in [0.4, 0.5) is 0 Å². The highest BCUT2D eigenvalue weighted by atomic mass is 16.7. The van der Waals surface area contributed by atoms with Crippen molar-refractivity contribution in [1.29, 1.82) is 0 Å². The fourth-order valence-electron chi connectivity index (χ4n) is 4.47. The Morgan fingerprint density at radius 1 is 0.969 bits per heavy atom. The van der Waals surface area contributed by atoms with E-state index in [-0.39, 0.29) is 19.5 Å². The van der Waals surface area contributed by atoms with Crippen molar-refractivity contribution < 1.29 is 29.0 Å². The third kappa shape index (κ3) is 3.68. The van der Waals surface area contributed by atoms with Crippen molar-refractivity contribution in [2.24, 2.45) is 0 Å². The van der Waals surface area contributed by atoms with Gasteiger partial charge in [0.25, 0.3) is 5.91 Å². The molecule has 3 aromatic rings. The molecular formula is C24H22N2O6. The van der Waals surface area contributed by atoms with Crippen molar-refractivity contribution in [1.82, 2.24) is 10.2 Å². The number of carbonyl (C=O) groups excluding carboxylic acids is 2. The van der Waals surface area contributed by atoms with Gasteiger partial charge < -0.3 is 24.8 Å². The molecule has 2 heterocycles. The van der Waals surface area contributed by atoms with Gasteiger partial charge in [0.1, 0.15) is 6.04 Å². The molecule has 2 fully saturated rings. The molecule has 2 saturated heterocycles. The Kier molecular flexibility index (Phi) is 5.03. The van der Waals surface area contributed by atoms with Crippen LogP contribution < -0.4 is 5.32 Å². The lowest BCUT2D eigenvalue weighted by molar-refractivity contribution is -0.152. The Morgan fingerprint density at radius 3 is 2.31 bits per heavy atom. The van der Waals surface area contributed by atoms with E-state index < -0.39 is 29.6 Å². The van der Waals surface area contributed by atoms with Crippen LogP contribution in [-0.2, 0) is 19.1 Å². The number of carboxylic acids is 1. The molecule has 2 N–H and O–H groups in total. The van der Waals surface area contributed by atoms with E-state index in [1.807, 2.05) is 36.4 Å². The summed E-state index contributed by atoms with van der Waals surface area (Å²) in [6, 6.07) is 16.4. The van der Waals surface area contributed by atoms with Crippen molar-refractivity contribution >= 4 is 39.3 Å². The van der Waals surface area contributed by atoms with Gasteiger partial charge in [-0.15, -0.1) is 0 Å². The molecule has 1 atom stereocenters. The fraction of sp³-hybridized carbons (Fsp3) is 0.292. The Bertz CT molecular complexity index is 1230. The number of carboxylic acid groups (broad SMARTS) is 1. The average Bonchev–Trinajstić information content (AvgIpc) is 3.42. The molecular weight excluding hydrogens is 412 g/mol. The third-order valence-electron chi connectivity index (χ3n) is 6.08. The second kappa shape index (κ2) is 7.89. The van der Waals surface area contributed by atoms with Gasteiger partial charge in [-0.25, -0.2) is 4.79 Å². The predicted molar refractivity (Wildman–Crippen MR) is 116 cm³/mol. The average molecular weight is 434 g/mol. The number of carbonyl (C=O) groups is 3. The summed E-state index contributed by atoms with van der Waals surface area (Å²) in [5.41, 5.74) is 0.427. The van der Waals surface area contributed by atoms with Gasteiger partial charge in [0, 0.05) is 12.0 Å². The van der Waals surface area contributed by atoms with E-state index in [0.717, 1.165) is 21.5 Å². The van der Waals surface area contributed by atoms with Crippen LogP contribution in [0, 0.1) is 0 Å². The maximum Gasteiger partial charge on any atom is 0.326 e. The Balaban J connectivity index is 1.29. The smallest absolute Gasteiger partial charge is 0.326 e. The van der Waals surface area contributed by atoms with Crippen LogP contribution in [0.1, 0.15) is 16.8 Å². The third-order valence-corrected chi connectivity index (χ3v) is 6.08. The molecule has 0 bridgehead atoms. The second-order valence-electron chi connectivity index (χ2n) is 8.13. The van der Waals surface area contributed by atoms with E-state index >= 15 is 0 Å². The highest BCUT2D eigenvalue weighted by Crippen LogP contribution is 2.34. The standard InChI is InChI=1S/C24H22N2O6/c27-21(26-14-24(31-7-8-32-24)12-20(26)23(29)30)13-25-22(28)18-6-5-17-9-15-3-1-2-4-16(15)10-19(17)11-18/h1-6,9-11,20H,7-8,12-14H2,(H,25,28)(H,29,30)/t20-/m0/s1. The quantitative estimate of drug-likeness (QED) is 0.610. The molecule has 0 unspecified atom stereocenters. The summed E-state index contributed by atoms with van der Waals surface area (Å²) in [7, 11) is 0. The van der Waals surface area contributed by atoms with E-state index in [1.165, 1.54) is 4.90 Å². The van der Waals surface area contributed by atoms with Gasteiger partial charge in [0.05, 0.1) is 26.3 Å². The van der Waals surface area contributed by atoms with E-state index in [9.17, 15) is 19.5 Å². The van der Waals surface area contributed by atoms with Crippen LogP contribution in [0.25, 0.3) is 21.5 Å². The lowest BCUT2D eigenvalue weighted by Gasteiger charge is -2.23. The molecule has 2 amide bonds. The number of nitrogens with one attached hydrogen (secondary N) is 1. The zero-order valence-electron chi connectivity index (χ0n) is 17.2. The van der Waals surface area contributed by atoms with Crippen LogP contribution in [0.5, 0.6) is 0 Å². The largest absolute Gasteiger partial charge is 0.480 e. The topological polar surface area (TPSA) is 105 Å². The minimum atomic E-state index is -1.12. The highest BCUT2D eigenvalue weighted by Gasteiger charge is 2.52. The maximum atomic E-state index is 12.7. The van der Waals surface area contributed by atoms with Gasteiger partial charge in [-0.2, -0.15) is 0 Å². The first kappa shape index (κ1) is 20.4. The van der Waals surface area contributed by atoms with E-state index in [2.05, 4.69) is 11.4 Å². The Morgan fingerprint density at radius 2 is 1.62 bits per heavy atom. The minimum absolute atomic E-state index is 0.0295. The first-order valence-corrected chi connectivity index (χ1v) is 10.5. The lowest BCUT2D eigenvalue weighted by Crippen LogP contribution is -2.46.